The molecule has 18 heavy (non-hydrogen) atoms. The van der Waals surface area contributed by atoms with Crippen molar-refractivity contribution in [1.82, 2.24) is 5.32 Å². The molecule has 0 saturated heterocycles. The van der Waals surface area contributed by atoms with Crippen LogP contribution in [0.5, 0.6) is 0 Å². The highest BCUT2D eigenvalue weighted by atomic mass is 35.5. The standard InChI is InChI=1S/C13H12ClNO3/c14-11-3-1-2-9(6-11)13(17)15-7-12(16)10-4-5-18-8-10/h1-6,8,12,16H,7H2,(H,15,17). The summed E-state index contributed by atoms with van der Waals surface area (Å²) in [6, 6.07) is 8.27. The quantitative estimate of drug-likeness (QED) is 0.892. The number of aliphatic hydroxyl groups excluding tert-OH is 1. The Morgan fingerprint density at radius 1 is 1.44 bits per heavy atom. The monoisotopic (exact) mass is 265 g/mol. The van der Waals surface area contributed by atoms with Gasteiger partial charge in [-0.3, -0.25) is 4.79 Å². The summed E-state index contributed by atoms with van der Waals surface area (Å²) in [5.41, 5.74) is 1.09. The molecule has 2 aromatic rings. The number of hydrogen-bond acceptors (Lipinski definition) is 3. The second kappa shape index (κ2) is 5.71. The molecular weight excluding hydrogens is 254 g/mol. The zero-order chi connectivity index (χ0) is 13.0. The van der Waals surface area contributed by atoms with Gasteiger partial charge in [0.05, 0.1) is 18.6 Å². The summed E-state index contributed by atoms with van der Waals surface area (Å²) in [6.07, 6.45) is 2.12. The second-order valence-corrected chi connectivity index (χ2v) is 4.23. The summed E-state index contributed by atoms with van der Waals surface area (Å²) in [5, 5.41) is 12.9. The number of hydrogen-bond donors (Lipinski definition) is 2. The minimum atomic E-state index is -0.785. The molecular formula is C13H12ClNO3. The van der Waals surface area contributed by atoms with Crippen LogP contribution in [-0.4, -0.2) is 17.6 Å². The summed E-state index contributed by atoms with van der Waals surface area (Å²) in [5.74, 6) is -0.278. The van der Waals surface area contributed by atoms with E-state index in [2.05, 4.69) is 5.32 Å². The lowest BCUT2D eigenvalue weighted by Gasteiger charge is -2.10. The lowest BCUT2D eigenvalue weighted by atomic mass is 10.2. The highest BCUT2D eigenvalue weighted by Crippen LogP contribution is 2.13. The Kier molecular flexibility index (Phi) is 4.02. The van der Waals surface area contributed by atoms with E-state index in [1.54, 1.807) is 30.3 Å². The van der Waals surface area contributed by atoms with Crippen molar-refractivity contribution < 1.29 is 14.3 Å². The maximum Gasteiger partial charge on any atom is 0.251 e. The normalized spacial score (nSPS) is 12.1. The van der Waals surface area contributed by atoms with Crippen LogP contribution in [0.4, 0.5) is 0 Å². The molecule has 0 aliphatic heterocycles. The van der Waals surface area contributed by atoms with E-state index < -0.39 is 6.10 Å². The Morgan fingerprint density at radius 3 is 2.94 bits per heavy atom. The number of halogens is 1. The van der Waals surface area contributed by atoms with Gasteiger partial charge in [-0.1, -0.05) is 17.7 Å². The molecule has 94 valence electrons. The number of rotatable bonds is 4. The molecule has 5 heteroatoms. The van der Waals surface area contributed by atoms with Crippen molar-refractivity contribution in [1.29, 1.82) is 0 Å². The molecule has 0 spiro atoms. The van der Waals surface area contributed by atoms with Gasteiger partial charge >= 0.3 is 0 Å². The Bertz CT molecular complexity index is 525. The van der Waals surface area contributed by atoms with E-state index in [-0.39, 0.29) is 12.5 Å². The van der Waals surface area contributed by atoms with Gasteiger partial charge in [-0.2, -0.15) is 0 Å². The van der Waals surface area contributed by atoms with Crippen LogP contribution in [0.25, 0.3) is 0 Å². The van der Waals surface area contributed by atoms with Gasteiger partial charge in [0.2, 0.25) is 0 Å². The van der Waals surface area contributed by atoms with Crippen LogP contribution >= 0.6 is 11.6 Å². The molecule has 0 radical (unpaired) electrons. The summed E-state index contributed by atoms with van der Waals surface area (Å²) in [6.45, 7) is 0.116. The van der Waals surface area contributed by atoms with Crippen molar-refractivity contribution in [3.63, 3.8) is 0 Å². The first-order valence-electron chi connectivity index (χ1n) is 5.41. The Hall–Kier alpha value is -1.78. The smallest absolute Gasteiger partial charge is 0.251 e. The molecule has 0 fully saturated rings. The fraction of sp³-hybridized carbons (Fsp3) is 0.154. The predicted molar refractivity (Wildman–Crippen MR) is 67.5 cm³/mol. The number of furan rings is 1. The number of aliphatic hydroxyl groups is 1. The summed E-state index contributed by atoms with van der Waals surface area (Å²) in [4.78, 5) is 11.8. The number of benzene rings is 1. The van der Waals surface area contributed by atoms with Gasteiger partial charge in [0.25, 0.3) is 5.91 Å². The van der Waals surface area contributed by atoms with E-state index in [1.165, 1.54) is 12.5 Å². The van der Waals surface area contributed by atoms with E-state index in [0.717, 1.165) is 0 Å². The van der Waals surface area contributed by atoms with Crippen LogP contribution in [0.2, 0.25) is 5.02 Å². The van der Waals surface area contributed by atoms with Crippen LogP contribution in [0.1, 0.15) is 22.0 Å². The molecule has 1 heterocycles. The van der Waals surface area contributed by atoms with Gasteiger partial charge in [0.15, 0.2) is 0 Å². The molecule has 1 aromatic heterocycles. The lowest BCUT2D eigenvalue weighted by molar-refractivity contribution is 0.0916. The van der Waals surface area contributed by atoms with Gasteiger partial charge < -0.3 is 14.8 Å². The second-order valence-electron chi connectivity index (χ2n) is 3.79. The largest absolute Gasteiger partial charge is 0.472 e. The van der Waals surface area contributed by atoms with E-state index in [1.807, 2.05) is 0 Å². The van der Waals surface area contributed by atoms with Crippen molar-refractivity contribution in [2.45, 2.75) is 6.10 Å². The fourth-order valence-electron chi connectivity index (χ4n) is 1.50. The highest BCUT2D eigenvalue weighted by Gasteiger charge is 2.11. The molecule has 1 unspecified atom stereocenters. The third-order valence-electron chi connectivity index (χ3n) is 2.47. The molecule has 0 aliphatic rings. The highest BCUT2D eigenvalue weighted by molar-refractivity contribution is 6.30. The van der Waals surface area contributed by atoms with Gasteiger partial charge in [-0.15, -0.1) is 0 Å². The topological polar surface area (TPSA) is 62.5 Å². The molecule has 1 atom stereocenters. The first-order valence-corrected chi connectivity index (χ1v) is 5.78. The average Bonchev–Trinajstić information content (AvgIpc) is 2.89. The lowest BCUT2D eigenvalue weighted by Crippen LogP contribution is -2.28. The molecule has 2 rings (SSSR count). The zero-order valence-electron chi connectivity index (χ0n) is 9.47. The number of carbonyl (C=O) groups is 1. The van der Waals surface area contributed by atoms with Gasteiger partial charge in [-0.25, -0.2) is 0 Å². The summed E-state index contributed by atoms with van der Waals surface area (Å²) >= 11 is 5.79. The summed E-state index contributed by atoms with van der Waals surface area (Å²) < 4.78 is 4.85. The van der Waals surface area contributed by atoms with E-state index in [0.29, 0.717) is 16.1 Å². The molecule has 0 aliphatic carbocycles. The van der Waals surface area contributed by atoms with Gasteiger partial charge in [-0.05, 0) is 24.3 Å². The SMILES string of the molecule is O=C(NCC(O)c1ccoc1)c1cccc(Cl)c1. The molecule has 0 bridgehead atoms. The van der Waals surface area contributed by atoms with E-state index >= 15 is 0 Å². The van der Waals surface area contributed by atoms with E-state index in [4.69, 9.17) is 16.0 Å². The summed E-state index contributed by atoms with van der Waals surface area (Å²) in [7, 11) is 0. The minimum Gasteiger partial charge on any atom is -0.472 e. The third kappa shape index (κ3) is 3.12. The first kappa shape index (κ1) is 12.7. The zero-order valence-corrected chi connectivity index (χ0v) is 10.2. The fourth-order valence-corrected chi connectivity index (χ4v) is 1.69. The maximum atomic E-state index is 11.8. The Balaban J connectivity index is 1.92. The Labute approximate surface area is 109 Å². The predicted octanol–water partition coefficient (Wildman–Crippen LogP) is 2.40. The van der Waals surface area contributed by atoms with Gasteiger partial charge in [0, 0.05) is 22.7 Å². The van der Waals surface area contributed by atoms with E-state index in [9.17, 15) is 9.90 Å². The van der Waals surface area contributed by atoms with Crippen molar-refractivity contribution in [3.8, 4) is 0 Å². The van der Waals surface area contributed by atoms with Crippen molar-refractivity contribution in [2.24, 2.45) is 0 Å². The Morgan fingerprint density at radius 2 is 2.28 bits per heavy atom. The molecule has 0 saturated carbocycles. The van der Waals surface area contributed by atoms with Crippen molar-refractivity contribution >= 4 is 17.5 Å². The maximum absolute atomic E-state index is 11.8. The molecule has 1 aromatic carbocycles. The van der Waals surface area contributed by atoms with Crippen LogP contribution in [0.15, 0.2) is 47.3 Å². The number of carbonyl (C=O) groups excluding carboxylic acids is 1. The van der Waals surface area contributed by atoms with Crippen LogP contribution in [-0.2, 0) is 0 Å². The number of nitrogens with one attached hydrogen (secondary N) is 1. The van der Waals surface area contributed by atoms with Crippen molar-refractivity contribution in [3.05, 3.63) is 59.0 Å². The van der Waals surface area contributed by atoms with Crippen LogP contribution < -0.4 is 5.32 Å². The van der Waals surface area contributed by atoms with Crippen molar-refractivity contribution in [2.75, 3.05) is 6.54 Å². The molecule has 4 nitrogen and oxygen atoms in total. The first-order chi connectivity index (χ1) is 8.66. The van der Waals surface area contributed by atoms with Crippen LogP contribution in [0, 0.1) is 0 Å². The van der Waals surface area contributed by atoms with Gasteiger partial charge in [0.1, 0.15) is 0 Å². The molecule has 1 amide bonds. The number of amides is 1. The minimum absolute atomic E-state index is 0.116. The third-order valence-corrected chi connectivity index (χ3v) is 2.71. The average molecular weight is 266 g/mol. The molecule has 2 N–H and O–H groups in total. The van der Waals surface area contributed by atoms with Crippen LogP contribution in [0.3, 0.4) is 0 Å².